The van der Waals surface area contributed by atoms with Crippen molar-refractivity contribution in [2.24, 2.45) is 5.92 Å². The molecule has 20 heavy (non-hydrogen) atoms. The largest absolute Gasteiger partial charge is 0.352 e. The molecule has 0 fully saturated rings. The molecule has 112 valence electrons. The maximum absolute atomic E-state index is 13.6. The fourth-order valence-corrected chi connectivity index (χ4v) is 2.34. The number of amides is 1. The SMILES string of the molecule is CC(C)CCCCCCNC(=O)c1ccc(Br)cc1F. The molecule has 0 aliphatic heterocycles. The summed E-state index contributed by atoms with van der Waals surface area (Å²) >= 11 is 3.17. The second-order valence-electron chi connectivity index (χ2n) is 5.48. The van der Waals surface area contributed by atoms with Crippen LogP contribution in [0, 0.1) is 11.7 Å². The van der Waals surface area contributed by atoms with Crippen molar-refractivity contribution in [2.45, 2.75) is 46.0 Å². The van der Waals surface area contributed by atoms with E-state index in [1.807, 2.05) is 0 Å². The Kier molecular flexibility index (Phi) is 7.82. The highest BCUT2D eigenvalue weighted by Gasteiger charge is 2.10. The highest BCUT2D eigenvalue weighted by molar-refractivity contribution is 9.10. The van der Waals surface area contributed by atoms with E-state index >= 15 is 0 Å². The van der Waals surface area contributed by atoms with Crippen LogP contribution in [0.3, 0.4) is 0 Å². The summed E-state index contributed by atoms with van der Waals surface area (Å²) in [5.41, 5.74) is 0.105. The predicted molar refractivity (Wildman–Crippen MR) is 84.4 cm³/mol. The Balaban J connectivity index is 2.20. The van der Waals surface area contributed by atoms with Crippen molar-refractivity contribution in [3.05, 3.63) is 34.1 Å². The summed E-state index contributed by atoms with van der Waals surface area (Å²) in [7, 11) is 0. The second-order valence-corrected chi connectivity index (χ2v) is 6.39. The molecule has 0 bridgehead atoms. The van der Waals surface area contributed by atoms with Gasteiger partial charge in [0.15, 0.2) is 0 Å². The van der Waals surface area contributed by atoms with Crippen LogP contribution in [0.5, 0.6) is 0 Å². The van der Waals surface area contributed by atoms with Gasteiger partial charge in [0.25, 0.3) is 5.91 Å². The molecule has 0 radical (unpaired) electrons. The molecule has 1 aromatic rings. The lowest BCUT2D eigenvalue weighted by Crippen LogP contribution is -2.25. The van der Waals surface area contributed by atoms with Gasteiger partial charge in [-0.05, 0) is 30.5 Å². The summed E-state index contributed by atoms with van der Waals surface area (Å²) in [6.45, 7) is 5.07. The van der Waals surface area contributed by atoms with Gasteiger partial charge in [0.1, 0.15) is 5.82 Å². The number of carbonyl (C=O) groups excluding carboxylic acids is 1. The van der Waals surface area contributed by atoms with Crippen molar-refractivity contribution >= 4 is 21.8 Å². The normalized spacial score (nSPS) is 10.8. The molecular formula is C16H23BrFNO. The smallest absolute Gasteiger partial charge is 0.254 e. The molecule has 1 rings (SSSR count). The van der Waals surface area contributed by atoms with E-state index in [2.05, 4.69) is 35.1 Å². The van der Waals surface area contributed by atoms with Crippen LogP contribution in [0.4, 0.5) is 4.39 Å². The first-order valence-electron chi connectivity index (χ1n) is 7.24. The monoisotopic (exact) mass is 343 g/mol. The van der Waals surface area contributed by atoms with Gasteiger partial charge in [0.2, 0.25) is 0 Å². The molecular weight excluding hydrogens is 321 g/mol. The molecule has 1 amide bonds. The molecule has 1 aromatic carbocycles. The summed E-state index contributed by atoms with van der Waals surface area (Å²) in [4.78, 5) is 11.8. The van der Waals surface area contributed by atoms with E-state index in [9.17, 15) is 9.18 Å². The highest BCUT2D eigenvalue weighted by atomic mass is 79.9. The zero-order valence-electron chi connectivity index (χ0n) is 12.2. The summed E-state index contributed by atoms with van der Waals surface area (Å²) in [5.74, 6) is -0.0685. The van der Waals surface area contributed by atoms with Crippen molar-refractivity contribution in [1.82, 2.24) is 5.32 Å². The van der Waals surface area contributed by atoms with Gasteiger partial charge in [-0.1, -0.05) is 55.5 Å². The topological polar surface area (TPSA) is 29.1 Å². The number of carbonyl (C=O) groups is 1. The van der Waals surface area contributed by atoms with Crippen molar-refractivity contribution in [3.63, 3.8) is 0 Å². The van der Waals surface area contributed by atoms with Crippen molar-refractivity contribution in [3.8, 4) is 0 Å². The van der Waals surface area contributed by atoms with Gasteiger partial charge in [-0.3, -0.25) is 4.79 Å². The van der Waals surface area contributed by atoms with Gasteiger partial charge in [-0.25, -0.2) is 4.39 Å². The van der Waals surface area contributed by atoms with Gasteiger partial charge in [-0.2, -0.15) is 0 Å². The average Bonchev–Trinajstić information content (AvgIpc) is 2.37. The van der Waals surface area contributed by atoms with Crippen LogP contribution in [0.1, 0.15) is 56.3 Å². The standard InChI is InChI=1S/C16H23BrFNO/c1-12(2)7-5-3-4-6-10-19-16(20)14-9-8-13(17)11-15(14)18/h8-9,11-12H,3-7,10H2,1-2H3,(H,19,20). The van der Waals surface area contributed by atoms with Crippen LogP contribution in [0.15, 0.2) is 22.7 Å². The first-order chi connectivity index (χ1) is 9.50. The summed E-state index contributed by atoms with van der Waals surface area (Å²) in [6, 6.07) is 4.47. The first kappa shape index (κ1) is 17.2. The van der Waals surface area contributed by atoms with Crippen molar-refractivity contribution in [1.29, 1.82) is 0 Å². The Labute approximate surface area is 129 Å². The Morgan fingerprint density at radius 2 is 1.95 bits per heavy atom. The molecule has 0 aliphatic carbocycles. The molecule has 0 saturated carbocycles. The van der Waals surface area contributed by atoms with Crippen LogP contribution in [-0.4, -0.2) is 12.5 Å². The molecule has 1 N–H and O–H groups in total. The third kappa shape index (κ3) is 6.51. The highest BCUT2D eigenvalue weighted by Crippen LogP contribution is 2.15. The van der Waals surface area contributed by atoms with Crippen molar-refractivity contribution in [2.75, 3.05) is 6.54 Å². The van der Waals surface area contributed by atoms with Crippen LogP contribution >= 0.6 is 15.9 Å². The Morgan fingerprint density at radius 3 is 2.60 bits per heavy atom. The van der Waals surface area contributed by atoms with Gasteiger partial charge in [0, 0.05) is 11.0 Å². The number of unbranched alkanes of at least 4 members (excludes halogenated alkanes) is 3. The average molecular weight is 344 g/mol. The van der Waals surface area contributed by atoms with Crippen molar-refractivity contribution < 1.29 is 9.18 Å². The summed E-state index contributed by atoms with van der Waals surface area (Å²) in [5, 5.41) is 2.76. The van der Waals surface area contributed by atoms with Crippen LogP contribution < -0.4 is 5.32 Å². The summed E-state index contributed by atoms with van der Waals surface area (Å²) < 4.78 is 14.2. The van der Waals surface area contributed by atoms with E-state index in [-0.39, 0.29) is 11.5 Å². The molecule has 0 atom stereocenters. The van der Waals surface area contributed by atoms with Gasteiger partial charge >= 0.3 is 0 Å². The number of nitrogens with one attached hydrogen (secondary N) is 1. The third-order valence-electron chi connectivity index (χ3n) is 3.17. The molecule has 2 nitrogen and oxygen atoms in total. The lowest BCUT2D eigenvalue weighted by atomic mass is 10.0. The molecule has 0 aromatic heterocycles. The van der Waals surface area contributed by atoms with E-state index in [0.29, 0.717) is 11.0 Å². The number of rotatable bonds is 8. The number of benzene rings is 1. The quantitative estimate of drug-likeness (QED) is 0.666. The molecule has 0 unspecified atom stereocenters. The molecule has 0 spiro atoms. The third-order valence-corrected chi connectivity index (χ3v) is 3.66. The zero-order valence-corrected chi connectivity index (χ0v) is 13.8. The second kappa shape index (κ2) is 9.11. The van der Waals surface area contributed by atoms with Gasteiger partial charge in [-0.15, -0.1) is 0 Å². The minimum Gasteiger partial charge on any atom is -0.352 e. The lowest BCUT2D eigenvalue weighted by Gasteiger charge is -2.07. The summed E-state index contributed by atoms with van der Waals surface area (Å²) in [6.07, 6.45) is 5.75. The van der Waals surface area contributed by atoms with E-state index in [1.165, 1.54) is 31.4 Å². The maximum atomic E-state index is 13.6. The van der Waals surface area contributed by atoms with E-state index in [4.69, 9.17) is 0 Å². The maximum Gasteiger partial charge on any atom is 0.254 e. The van der Waals surface area contributed by atoms with Gasteiger partial charge < -0.3 is 5.32 Å². The minimum absolute atomic E-state index is 0.105. The van der Waals surface area contributed by atoms with Crippen LogP contribution in [-0.2, 0) is 0 Å². The molecule has 0 aliphatic rings. The fraction of sp³-hybridized carbons (Fsp3) is 0.562. The Hall–Kier alpha value is -0.900. The van der Waals surface area contributed by atoms with Crippen LogP contribution in [0.25, 0.3) is 0 Å². The molecule has 0 saturated heterocycles. The van der Waals surface area contributed by atoms with Crippen LogP contribution in [0.2, 0.25) is 0 Å². The van der Waals surface area contributed by atoms with Gasteiger partial charge in [0.05, 0.1) is 5.56 Å². The predicted octanol–water partition coefficient (Wildman–Crippen LogP) is 4.92. The molecule has 0 heterocycles. The first-order valence-corrected chi connectivity index (χ1v) is 8.03. The Bertz CT molecular complexity index is 434. The molecule has 4 heteroatoms. The fourth-order valence-electron chi connectivity index (χ4n) is 2.00. The lowest BCUT2D eigenvalue weighted by molar-refractivity contribution is 0.0949. The Morgan fingerprint density at radius 1 is 1.25 bits per heavy atom. The minimum atomic E-state index is -0.492. The van der Waals surface area contributed by atoms with E-state index < -0.39 is 5.82 Å². The van der Waals surface area contributed by atoms with E-state index in [0.717, 1.165) is 18.8 Å². The number of hydrogen-bond acceptors (Lipinski definition) is 1. The zero-order chi connectivity index (χ0) is 15.0. The van der Waals surface area contributed by atoms with E-state index in [1.54, 1.807) is 6.07 Å². The number of halogens is 2. The number of hydrogen-bond donors (Lipinski definition) is 1.